The van der Waals surface area contributed by atoms with Gasteiger partial charge in [-0.25, -0.2) is 0 Å². The first-order valence-corrected chi connectivity index (χ1v) is 7.11. The molecule has 0 fully saturated rings. The van der Waals surface area contributed by atoms with Crippen LogP contribution in [0.25, 0.3) is 0 Å². The molecule has 0 aromatic heterocycles. The maximum atomic E-state index is 5.34. The van der Waals surface area contributed by atoms with E-state index in [1.165, 1.54) is 4.90 Å². The summed E-state index contributed by atoms with van der Waals surface area (Å²) in [5.74, 6) is 2.74. The first-order chi connectivity index (χ1) is 8.13. The molecule has 0 saturated heterocycles. The number of para-hydroxylation sites is 1. The first kappa shape index (κ1) is 14.4. The first-order valence-electron chi connectivity index (χ1n) is 6.12. The van der Waals surface area contributed by atoms with Crippen molar-refractivity contribution in [1.82, 2.24) is 5.32 Å². The van der Waals surface area contributed by atoms with E-state index in [0.717, 1.165) is 18.0 Å². The highest BCUT2D eigenvalue weighted by Crippen LogP contribution is 2.29. The minimum atomic E-state index is 0.564. The van der Waals surface area contributed by atoms with Crippen LogP contribution in [0, 0.1) is 5.92 Å². The van der Waals surface area contributed by atoms with Crippen molar-refractivity contribution in [3.63, 3.8) is 0 Å². The Morgan fingerprint density at radius 2 is 1.94 bits per heavy atom. The van der Waals surface area contributed by atoms with Crippen LogP contribution in [0.1, 0.15) is 20.8 Å². The fourth-order valence-electron chi connectivity index (χ4n) is 1.47. The lowest BCUT2D eigenvalue weighted by molar-refractivity contribution is 0.404. The number of rotatable bonds is 7. The zero-order valence-corrected chi connectivity index (χ0v) is 12.0. The van der Waals surface area contributed by atoms with Gasteiger partial charge >= 0.3 is 0 Å². The van der Waals surface area contributed by atoms with Gasteiger partial charge in [0, 0.05) is 16.7 Å². The van der Waals surface area contributed by atoms with E-state index in [4.69, 9.17) is 4.74 Å². The molecule has 0 aliphatic rings. The Morgan fingerprint density at radius 1 is 1.24 bits per heavy atom. The SMILES string of the molecule is COc1ccccc1SCC(C)CNC(C)C. The van der Waals surface area contributed by atoms with Gasteiger partial charge in [0.1, 0.15) is 5.75 Å². The summed E-state index contributed by atoms with van der Waals surface area (Å²) in [6.07, 6.45) is 0. The summed E-state index contributed by atoms with van der Waals surface area (Å²) in [5.41, 5.74) is 0. The maximum Gasteiger partial charge on any atom is 0.132 e. The molecule has 1 unspecified atom stereocenters. The molecule has 0 aliphatic heterocycles. The summed E-state index contributed by atoms with van der Waals surface area (Å²) in [5, 5.41) is 3.47. The number of hydrogen-bond acceptors (Lipinski definition) is 3. The molecule has 96 valence electrons. The van der Waals surface area contributed by atoms with Gasteiger partial charge in [0.25, 0.3) is 0 Å². The minimum absolute atomic E-state index is 0.564. The average Bonchev–Trinajstić information content (AvgIpc) is 2.34. The second kappa shape index (κ2) is 7.62. The standard InChI is InChI=1S/C14H23NOS/c1-11(2)15-9-12(3)10-17-14-8-6-5-7-13(14)16-4/h5-8,11-12,15H,9-10H2,1-4H3. The molecule has 1 aromatic rings. The van der Waals surface area contributed by atoms with E-state index < -0.39 is 0 Å². The van der Waals surface area contributed by atoms with Crippen LogP contribution in [0.3, 0.4) is 0 Å². The molecule has 0 amide bonds. The normalized spacial score (nSPS) is 12.8. The van der Waals surface area contributed by atoms with Crippen LogP contribution in [-0.4, -0.2) is 25.4 Å². The zero-order chi connectivity index (χ0) is 12.7. The monoisotopic (exact) mass is 253 g/mol. The lowest BCUT2D eigenvalue weighted by atomic mass is 10.2. The lowest BCUT2D eigenvalue weighted by Gasteiger charge is -2.15. The number of thioether (sulfide) groups is 1. The average molecular weight is 253 g/mol. The number of nitrogens with one attached hydrogen (secondary N) is 1. The largest absolute Gasteiger partial charge is 0.496 e. The Labute approximate surface area is 109 Å². The van der Waals surface area contributed by atoms with Gasteiger partial charge in [-0.05, 0) is 24.6 Å². The summed E-state index contributed by atoms with van der Waals surface area (Å²) < 4.78 is 5.34. The summed E-state index contributed by atoms with van der Waals surface area (Å²) in [4.78, 5) is 1.23. The van der Waals surface area contributed by atoms with Crippen LogP contribution < -0.4 is 10.1 Å². The highest BCUT2D eigenvalue weighted by molar-refractivity contribution is 7.99. The molecule has 3 heteroatoms. The van der Waals surface area contributed by atoms with E-state index in [1.807, 2.05) is 23.9 Å². The molecule has 0 saturated carbocycles. The lowest BCUT2D eigenvalue weighted by Crippen LogP contribution is -2.28. The summed E-state index contributed by atoms with van der Waals surface area (Å²) in [7, 11) is 1.73. The molecule has 0 spiro atoms. The molecule has 0 heterocycles. The molecule has 17 heavy (non-hydrogen) atoms. The van der Waals surface area contributed by atoms with Crippen molar-refractivity contribution in [1.29, 1.82) is 0 Å². The third-order valence-corrected chi connectivity index (χ3v) is 3.85. The van der Waals surface area contributed by atoms with Crippen LogP contribution in [0.4, 0.5) is 0 Å². The van der Waals surface area contributed by atoms with Crippen molar-refractivity contribution in [3.05, 3.63) is 24.3 Å². The Morgan fingerprint density at radius 3 is 2.59 bits per heavy atom. The highest BCUT2D eigenvalue weighted by atomic mass is 32.2. The van der Waals surface area contributed by atoms with Gasteiger partial charge in [-0.3, -0.25) is 0 Å². The van der Waals surface area contributed by atoms with E-state index in [9.17, 15) is 0 Å². The maximum absolute atomic E-state index is 5.34. The Hall–Kier alpha value is -0.670. The number of benzene rings is 1. The summed E-state index contributed by atoms with van der Waals surface area (Å²) in [6, 6.07) is 8.76. The smallest absolute Gasteiger partial charge is 0.132 e. The topological polar surface area (TPSA) is 21.3 Å². The van der Waals surface area contributed by atoms with E-state index in [-0.39, 0.29) is 0 Å². The zero-order valence-electron chi connectivity index (χ0n) is 11.2. The van der Waals surface area contributed by atoms with Gasteiger partial charge in [-0.1, -0.05) is 32.9 Å². The number of hydrogen-bond donors (Lipinski definition) is 1. The fourth-order valence-corrected chi connectivity index (χ4v) is 2.52. The van der Waals surface area contributed by atoms with E-state index in [0.29, 0.717) is 12.0 Å². The molecular formula is C14H23NOS. The quantitative estimate of drug-likeness (QED) is 0.752. The van der Waals surface area contributed by atoms with Crippen molar-refractivity contribution >= 4 is 11.8 Å². The van der Waals surface area contributed by atoms with Crippen molar-refractivity contribution in [2.45, 2.75) is 31.7 Å². The Bertz CT molecular complexity index is 328. The number of methoxy groups -OCH3 is 1. The summed E-state index contributed by atoms with van der Waals surface area (Å²) in [6.45, 7) is 7.71. The molecule has 1 atom stereocenters. The Kier molecular flexibility index (Phi) is 6.45. The fraction of sp³-hybridized carbons (Fsp3) is 0.571. The molecule has 1 N–H and O–H groups in total. The van der Waals surface area contributed by atoms with E-state index in [2.05, 4.69) is 38.2 Å². The highest BCUT2D eigenvalue weighted by Gasteiger charge is 2.07. The van der Waals surface area contributed by atoms with Gasteiger partial charge in [-0.2, -0.15) is 0 Å². The number of ether oxygens (including phenoxy) is 1. The third-order valence-electron chi connectivity index (χ3n) is 2.47. The van der Waals surface area contributed by atoms with E-state index >= 15 is 0 Å². The van der Waals surface area contributed by atoms with Gasteiger partial charge in [0.15, 0.2) is 0 Å². The van der Waals surface area contributed by atoms with E-state index in [1.54, 1.807) is 7.11 Å². The minimum Gasteiger partial charge on any atom is -0.496 e. The third kappa shape index (κ3) is 5.46. The van der Waals surface area contributed by atoms with Crippen LogP contribution in [0.15, 0.2) is 29.2 Å². The van der Waals surface area contributed by atoms with Crippen LogP contribution in [0.5, 0.6) is 5.75 Å². The van der Waals surface area contributed by atoms with Crippen LogP contribution >= 0.6 is 11.8 Å². The predicted octanol–water partition coefficient (Wildman–Crippen LogP) is 3.42. The van der Waals surface area contributed by atoms with Crippen LogP contribution in [0.2, 0.25) is 0 Å². The molecule has 0 bridgehead atoms. The molecule has 1 rings (SSSR count). The molecule has 0 radical (unpaired) electrons. The molecular weight excluding hydrogens is 230 g/mol. The molecule has 1 aromatic carbocycles. The van der Waals surface area contributed by atoms with Crippen molar-refractivity contribution in [2.75, 3.05) is 19.4 Å². The Balaban J connectivity index is 2.39. The second-order valence-electron chi connectivity index (χ2n) is 4.63. The van der Waals surface area contributed by atoms with Gasteiger partial charge < -0.3 is 10.1 Å². The van der Waals surface area contributed by atoms with Crippen molar-refractivity contribution in [2.24, 2.45) is 5.92 Å². The summed E-state index contributed by atoms with van der Waals surface area (Å²) >= 11 is 1.87. The molecule has 0 aliphatic carbocycles. The van der Waals surface area contributed by atoms with Gasteiger partial charge in [-0.15, -0.1) is 11.8 Å². The van der Waals surface area contributed by atoms with Gasteiger partial charge in [0.05, 0.1) is 7.11 Å². The second-order valence-corrected chi connectivity index (χ2v) is 5.69. The van der Waals surface area contributed by atoms with Crippen LogP contribution in [-0.2, 0) is 0 Å². The van der Waals surface area contributed by atoms with Crippen molar-refractivity contribution in [3.8, 4) is 5.75 Å². The predicted molar refractivity (Wildman–Crippen MR) is 76.0 cm³/mol. The van der Waals surface area contributed by atoms with Gasteiger partial charge in [0.2, 0.25) is 0 Å². The molecule has 2 nitrogen and oxygen atoms in total. The van der Waals surface area contributed by atoms with Crippen molar-refractivity contribution < 1.29 is 4.74 Å².